The third-order valence-electron chi connectivity index (χ3n) is 4.03. The normalized spacial score (nSPS) is 23.8. The van der Waals surface area contributed by atoms with Crippen molar-refractivity contribution in [1.82, 2.24) is 0 Å². The van der Waals surface area contributed by atoms with Gasteiger partial charge in [-0.1, -0.05) is 48.5 Å². The lowest BCUT2D eigenvalue weighted by molar-refractivity contribution is -0.165. The van der Waals surface area contributed by atoms with Crippen molar-refractivity contribution in [3.63, 3.8) is 0 Å². The van der Waals surface area contributed by atoms with Crippen LogP contribution in [0.3, 0.4) is 0 Å². The topological polar surface area (TPSA) is 26.3 Å². The molecule has 0 N–H and O–H groups in total. The number of hydrogen-bond acceptors (Lipinski definition) is 3. The average molecular weight is 364 g/mol. The van der Waals surface area contributed by atoms with Crippen molar-refractivity contribution < 1.29 is 22.7 Å². The SMILES string of the molecule is C[C@]1(Sc2ccccc2)C(=O)OC(C(F)(F)F)=C[C@@H]1c1ccccc1. The number of halogens is 3. The minimum absolute atomic E-state index is 0.631. The first kappa shape index (κ1) is 17.6. The van der Waals surface area contributed by atoms with Crippen LogP contribution in [0.5, 0.6) is 0 Å². The summed E-state index contributed by atoms with van der Waals surface area (Å²) in [6.45, 7) is 1.62. The van der Waals surface area contributed by atoms with Gasteiger partial charge in [0.15, 0.2) is 0 Å². The van der Waals surface area contributed by atoms with Gasteiger partial charge < -0.3 is 4.74 Å². The van der Waals surface area contributed by atoms with E-state index < -0.39 is 28.6 Å². The number of alkyl halides is 3. The molecule has 0 fully saturated rings. The van der Waals surface area contributed by atoms with E-state index in [1.54, 1.807) is 37.3 Å². The Morgan fingerprint density at radius 3 is 2.12 bits per heavy atom. The van der Waals surface area contributed by atoms with Gasteiger partial charge in [0.2, 0.25) is 5.76 Å². The first-order chi connectivity index (χ1) is 11.8. The van der Waals surface area contributed by atoms with Crippen molar-refractivity contribution in [3.8, 4) is 0 Å². The molecule has 2 aromatic rings. The van der Waals surface area contributed by atoms with Crippen LogP contribution in [0.2, 0.25) is 0 Å². The highest BCUT2D eigenvalue weighted by Gasteiger charge is 2.52. The largest absolute Gasteiger partial charge is 0.449 e. The third kappa shape index (κ3) is 3.58. The van der Waals surface area contributed by atoms with E-state index in [1.807, 2.05) is 30.3 Å². The van der Waals surface area contributed by atoms with Crippen LogP contribution in [0.4, 0.5) is 13.2 Å². The number of carbonyl (C=O) groups is 1. The van der Waals surface area contributed by atoms with Gasteiger partial charge in [0, 0.05) is 10.8 Å². The second kappa shape index (κ2) is 6.59. The molecular formula is C19H15F3O2S. The lowest BCUT2D eigenvalue weighted by Gasteiger charge is -2.37. The average Bonchev–Trinajstić information content (AvgIpc) is 2.58. The van der Waals surface area contributed by atoms with Crippen LogP contribution in [0.15, 0.2) is 77.4 Å². The summed E-state index contributed by atoms with van der Waals surface area (Å²) in [6, 6.07) is 17.8. The van der Waals surface area contributed by atoms with Gasteiger partial charge in [0.25, 0.3) is 0 Å². The van der Waals surface area contributed by atoms with Crippen molar-refractivity contribution in [1.29, 1.82) is 0 Å². The fraction of sp³-hybridized carbons (Fsp3) is 0.211. The predicted molar refractivity (Wildman–Crippen MR) is 90.1 cm³/mol. The Morgan fingerprint density at radius 1 is 1.00 bits per heavy atom. The van der Waals surface area contributed by atoms with E-state index in [0.29, 0.717) is 5.56 Å². The fourth-order valence-electron chi connectivity index (χ4n) is 2.74. The summed E-state index contributed by atoms with van der Waals surface area (Å²) in [5.41, 5.74) is 0.631. The lowest BCUT2D eigenvalue weighted by atomic mass is 9.84. The van der Waals surface area contributed by atoms with E-state index >= 15 is 0 Å². The molecule has 2 nitrogen and oxygen atoms in total. The quantitative estimate of drug-likeness (QED) is 0.689. The van der Waals surface area contributed by atoms with Crippen molar-refractivity contribution in [3.05, 3.63) is 78.1 Å². The number of carbonyl (C=O) groups excluding carboxylic acids is 1. The highest BCUT2D eigenvalue weighted by Crippen LogP contribution is 2.49. The van der Waals surface area contributed by atoms with E-state index in [4.69, 9.17) is 0 Å². The molecule has 1 heterocycles. The summed E-state index contributed by atoms with van der Waals surface area (Å²) < 4.78 is 42.8. The number of allylic oxidation sites excluding steroid dienone is 2. The Hall–Kier alpha value is -2.21. The second-order valence-electron chi connectivity index (χ2n) is 5.83. The van der Waals surface area contributed by atoms with Crippen LogP contribution < -0.4 is 0 Å². The molecule has 25 heavy (non-hydrogen) atoms. The number of ether oxygens (including phenoxy) is 1. The van der Waals surface area contributed by atoms with Crippen LogP contribution in [0.1, 0.15) is 18.4 Å². The molecular weight excluding hydrogens is 349 g/mol. The van der Waals surface area contributed by atoms with E-state index in [2.05, 4.69) is 4.74 Å². The number of esters is 1. The molecule has 2 atom stereocenters. The Labute approximate surface area is 147 Å². The maximum Gasteiger partial charge on any atom is 0.449 e. The zero-order valence-electron chi connectivity index (χ0n) is 13.3. The Bertz CT molecular complexity index is 787. The lowest BCUT2D eigenvalue weighted by Crippen LogP contribution is -2.44. The molecule has 3 rings (SSSR count). The fourth-order valence-corrected chi connectivity index (χ4v) is 3.98. The summed E-state index contributed by atoms with van der Waals surface area (Å²) in [5, 5.41) is 0. The maximum atomic E-state index is 13.1. The molecule has 0 bridgehead atoms. The van der Waals surface area contributed by atoms with Gasteiger partial charge in [-0.3, -0.25) is 4.79 Å². The molecule has 2 aromatic carbocycles. The van der Waals surface area contributed by atoms with Crippen LogP contribution in [-0.4, -0.2) is 16.9 Å². The number of benzene rings is 2. The third-order valence-corrected chi connectivity index (χ3v) is 5.38. The number of thioether (sulfide) groups is 1. The molecule has 0 unspecified atom stereocenters. The minimum Gasteiger partial charge on any atom is -0.421 e. The van der Waals surface area contributed by atoms with E-state index in [-0.39, 0.29) is 0 Å². The molecule has 1 aliphatic heterocycles. The first-order valence-corrected chi connectivity index (χ1v) is 8.42. The Balaban J connectivity index is 2.08. The first-order valence-electron chi connectivity index (χ1n) is 7.61. The van der Waals surface area contributed by atoms with Crippen molar-refractivity contribution >= 4 is 17.7 Å². The standard InChI is InChI=1S/C19H15F3O2S/c1-18(25-14-10-6-3-7-11-14)15(13-8-4-2-5-9-13)12-16(19(20,21)22)24-17(18)23/h2-12,15H,1H3/t15-,18-/m1/s1. The van der Waals surface area contributed by atoms with Crippen molar-refractivity contribution in [2.45, 2.75) is 28.7 Å². The molecule has 0 amide bonds. The molecule has 0 aromatic heterocycles. The molecule has 1 aliphatic rings. The zero-order valence-corrected chi connectivity index (χ0v) is 14.1. The zero-order chi connectivity index (χ0) is 18.1. The minimum atomic E-state index is -4.71. The maximum absolute atomic E-state index is 13.1. The van der Waals surface area contributed by atoms with Crippen LogP contribution in [0, 0.1) is 0 Å². The molecule has 0 spiro atoms. The van der Waals surface area contributed by atoms with Gasteiger partial charge in [-0.25, -0.2) is 0 Å². The highest BCUT2D eigenvalue weighted by atomic mass is 32.2. The van der Waals surface area contributed by atoms with E-state index in [0.717, 1.165) is 11.0 Å². The second-order valence-corrected chi connectivity index (χ2v) is 7.35. The summed E-state index contributed by atoms with van der Waals surface area (Å²) in [7, 11) is 0. The van der Waals surface area contributed by atoms with Gasteiger partial charge in [-0.2, -0.15) is 13.2 Å². The van der Waals surface area contributed by atoms with Gasteiger partial charge >= 0.3 is 12.1 Å². The number of rotatable bonds is 3. The highest BCUT2D eigenvalue weighted by molar-refractivity contribution is 8.01. The summed E-state index contributed by atoms with van der Waals surface area (Å²) in [4.78, 5) is 13.4. The van der Waals surface area contributed by atoms with Gasteiger partial charge in [0.05, 0.1) is 0 Å². The Kier molecular flexibility index (Phi) is 4.64. The number of cyclic esters (lactones) is 1. The Morgan fingerprint density at radius 2 is 1.56 bits per heavy atom. The van der Waals surface area contributed by atoms with Crippen LogP contribution in [-0.2, 0) is 9.53 Å². The summed E-state index contributed by atoms with van der Waals surface area (Å²) in [6.07, 6.45) is -3.70. The predicted octanol–water partition coefficient (Wildman–Crippen LogP) is 5.32. The number of hydrogen-bond donors (Lipinski definition) is 0. The molecule has 0 aliphatic carbocycles. The van der Waals surface area contributed by atoms with Crippen molar-refractivity contribution in [2.24, 2.45) is 0 Å². The molecule has 130 valence electrons. The van der Waals surface area contributed by atoms with E-state index in [9.17, 15) is 18.0 Å². The van der Waals surface area contributed by atoms with Gasteiger partial charge in [-0.05, 0) is 30.7 Å². The van der Waals surface area contributed by atoms with E-state index in [1.165, 1.54) is 11.8 Å². The van der Waals surface area contributed by atoms with Crippen LogP contribution >= 0.6 is 11.8 Å². The molecule has 6 heteroatoms. The summed E-state index contributed by atoms with van der Waals surface area (Å²) >= 11 is 1.20. The van der Waals surface area contributed by atoms with Gasteiger partial charge in [-0.15, -0.1) is 11.8 Å². The molecule has 0 radical (unpaired) electrons. The molecule has 0 saturated heterocycles. The molecule has 0 saturated carbocycles. The van der Waals surface area contributed by atoms with Crippen molar-refractivity contribution in [2.75, 3.05) is 0 Å². The van der Waals surface area contributed by atoms with Crippen LogP contribution in [0.25, 0.3) is 0 Å². The monoisotopic (exact) mass is 364 g/mol. The summed E-state index contributed by atoms with van der Waals surface area (Å²) in [5.74, 6) is -2.92. The smallest absolute Gasteiger partial charge is 0.421 e. The van der Waals surface area contributed by atoms with Gasteiger partial charge in [0.1, 0.15) is 4.75 Å².